The van der Waals surface area contributed by atoms with Crippen LogP contribution in [0.2, 0.25) is 5.02 Å². The normalized spacial score (nSPS) is 11.2. The molecule has 2 N–H and O–H groups in total. The lowest BCUT2D eigenvalue weighted by Gasteiger charge is -2.18. The Bertz CT molecular complexity index is 856. The second-order valence-electron chi connectivity index (χ2n) is 5.89. The van der Waals surface area contributed by atoms with Gasteiger partial charge in [-0.05, 0) is 30.0 Å². The van der Waals surface area contributed by atoms with E-state index < -0.39 is 23.9 Å². The van der Waals surface area contributed by atoms with Gasteiger partial charge in [-0.3, -0.25) is 4.79 Å². The minimum atomic E-state index is -0.991. The average molecular weight is 404 g/mol. The number of rotatable bonds is 8. The highest BCUT2D eigenvalue weighted by atomic mass is 35.5. The van der Waals surface area contributed by atoms with Crippen molar-refractivity contribution >= 4 is 23.6 Å². The first-order chi connectivity index (χ1) is 13.5. The lowest BCUT2D eigenvalue weighted by molar-refractivity contribution is -0.123. The van der Waals surface area contributed by atoms with Crippen LogP contribution < -0.4 is 10.6 Å². The number of hydrogen-bond acceptors (Lipinski definition) is 4. The van der Waals surface area contributed by atoms with Crippen molar-refractivity contribution in [3.63, 3.8) is 0 Å². The summed E-state index contributed by atoms with van der Waals surface area (Å²) in [4.78, 5) is 24.3. The van der Waals surface area contributed by atoms with E-state index in [0.717, 1.165) is 5.56 Å². The van der Waals surface area contributed by atoms with Gasteiger partial charge in [-0.25, -0.2) is 9.18 Å². The summed E-state index contributed by atoms with van der Waals surface area (Å²) in [7, 11) is 0. The van der Waals surface area contributed by atoms with E-state index >= 15 is 0 Å². The summed E-state index contributed by atoms with van der Waals surface area (Å²) >= 11 is 5.76. The fourth-order valence-electron chi connectivity index (χ4n) is 2.47. The molecule has 2 amide bonds. The first kappa shape index (κ1) is 21.2. The highest BCUT2D eigenvalue weighted by Gasteiger charge is 2.22. The molecule has 2 rings (SSSR count). The van der Waals surface area contributed by atoms with Crippen LogP contribution in [-0.4, -0.2) is 24.6 Å². The standard InChI is InChI=1S/C20H19ClFN3O3/c21-16-8-4-7-15(18(16)22)9-10-17(19(26)24-12-11-23)25-20(27)28-13-14-5-2-1-3-6-14/h1-8,17H,9-10,12-13H2,(H,24,26)(H,25,27). The predicted octanol–water partition coefficient (Wildman–Crippen LogP) is 3.35. The number of carbonyl (C=O) groups is 2. The van der Waals surface area contributed by atoms with Gasteiger partial charge in [0.05, 0.1) is 11.1 Å². The monoisotopic (exact) mass is 403 g/mol. The van der Waals surface area contributed by atoms with Crippen molar-refractivity contribution in [1.82, 2.24) is 10.6 Å². The second-order valence-corrected chi connectivity index (χ2v) is 6.29. The number of hydrogen-bond donors (Lipinski definition) is 2. The number of aryl methyl sites for hydroxylation is 1. The summed E-state index contributed by atoms with van der Waals surface area (Å²) in [5.41, 5.74) is 1.12. The summed E-state index contributed by atoms with van der Waals surface area (Å²) in [6.07, 6.45) is -0.516. The maximum absolute atomic E-state index is 14.0. The lowest BCUT2D eigenvalue weighted by Crippen LogP contribution is -2.47. The number of amides is 2. The molecular weight excluding hydrogens is 385 g/mol. The Morgan fingerprint density at radius 2 is 1.93 bits per heavy atom. The summed E-state index contributed by atoms with van der Waals surface area (Å²) in [5, 5.41) is 13.5. The molecule has 8 heteroatoms. The van der Waals surface area contributed by atoms with Gasteiger partial charge < -0.3 is 15.4 Å². The van der Waals surface area contributed by atoms with E-state index in [1.807, 2.05) is 18.2 Å². The van der Waals surface area contributed by atoms with Gasteiger partial charge in [0.1, 0.15) is 25.0 Å². The highest BCUT2D eigenvalue weighted by molar-refractivity contribution is 6.30. The van der Waals surface area contributed by atoms with Gasteiger partial charge in [-0.2, -0.15) is 5.26 Å². The molecule has 0 saturated heterocycles. The van der Waals surface area contributed by atoms with Gasteiger partial charge in [0, 0.05) is 0 Å². The van der Waals surface area contributed by atoms with Gasteiger partial charge in [0.25, 0.3) is 0 Å². The predicted molar refractivity (Wildman–Crippen MR) is 102 cm³/mol. The minimum Gasteiger partial charge on any atom is -0.445 e. The van der Waals surface area contributed by atoms with E-state index in [1.165, 1.54) is 6.07 Å². The lowest BCUT2D eigenvalue weighted by atomic mass is 10.0. The molecule has 2 aromatic carbocycles. The third-order valence-corrected chi connectivity index (χ3v) is 4.19. The van der Waals surface area contributed by atoms with Gasteiger partial charge in [-0.15, -0.1) is 0 Å². The molecule has 0 bridgehead atoms. The Kier molecular flexibility index (Phi) is 8.25. The van der Waals surface area contributed by atoms with Crippen LogP contribution in [0.3, 0.4) is 0 Å². The largest absolute Gasteiger partial charge is 0.445 e. The van der Waals surface area contributed by atoms with E-state index in [1.54, 1.807) is 30.3 Å². The van der Waals surface area contributed by atoms with Crippen molar-refractivity contribution < 1.29 is 18.7 Å². The fraction of sp³-hybridized carbons (Fsp3) is 0.250. The molecule has 0 aliphatic heterocycles. The van der Waals surface area contributed by atoms with Crippen molar-refractivity contribution in [1.29, 1.82) is 5.26 Å². The van der Waals surface area contributed by atoms with E-state index in [4.69, 9.17) is 21.6 Å². The first-order valence-corrected chi connectivity index (χ1v) is 8.94. The number of alkyl carbamates (subject to hydrolysis) is 1. The zero-order valence-electron chi connectivity index (χ0n) is 15.0. The number of carbonyl (C=O) groups excluding carboxylic acids is 2. The van der Waals surface area contributed by atoms with Crippen LogP contribution in [-0.2, 0) is 22.6 Å². The number of halogens is 2. The zero-order chi connectivity index (χ0) is 20.4. The molecule has 0 saturated carbocycles. The van der Waals surface area contributed by atoms with Gasteiger partial charge >= 0.3 is 6.09 Å². The summed E-state index contributed by atoms with van der Waals surface area (Å²) in [6.45, 7) is -0.163. The molecule has 28 heavy (non-hydrogen) atoms. The zero-order valence-corrected chi connectivity index (χ0v) is 15.7. The number of nitriles is 1. The van der Waals surface area contributed by atoms with Crippen molar-refractivity contribution in [2.75, 3.05) is 6.54 Å². The van der Waals surface area contributed by atoms with Crippen LogP contribution in [0.15, 0.2) is 48.5 Å². The molecule has 0 aliphatic rings. The van der Waals surface area contributed by atoms with Crippen LogP contribution in [0.4, 0.5) is 9.18 Å². The van der Waals surface area contributed by atoms with Crippen LogP contribution >= 0.6 is 11.6 Å². The molecule has 0 fully saturated rings. The first-order valence-electron chi connectivity index (χ1n) is 8.56. The molecule has 146 valence electrons. The maximum Gasteiger partial charge on any atom is 0.408 e. The van der Waals surface area contributed by atoms with Crippen molar-refractivity contribution in [3.05, 3.63) is 70.5 Å². The molecular formula is C20H19ClFN3O3. The van der Waals surface area contributed by atoms with E-state index in [9.17, 15) is 14.0 Å². The average Bonchev–Trinajstić information content (AvgIpc) is 2.71. The Hall–Kier alpha value is -3.11. The second kappa shape index (κ2) is 10.9. The quantitative estimate of drug-likeness (QED) is 0.661. The molecule has 1 unspecified atom stereocenters. The van der Waals surface area contributed by atoms with E-state index in [2.05, 4.69) is 10.6 Å². The SMILES string of the molecule is N#CCNC(=O)C(CCc1cccc(Cl)c1F)NC(=O)OCc1ccccc1. The van der Waals surface area contributed by atoms with Crippen LogP contribution in [0.1, 0.15) is 17.5 Å². The van der Waals surface area contributed by atoms with Gasteiger partial charge in [-0.1, -0.05) is 54.1 Å². The Morgan fingerprint density at radius 1 is 1.18 bits per heavy atom. The van der Waals surface area contributed by atoms with Crippen molar-refractivity contribution in [2.45, 2.75) is 25.5 Å². The Labute approximate surface area is 167 Å². The van der Waals surface area contributed by atoms with E-state index in [0.29, 0.717) is 5.56 Å². The topological polar surface area (TPSA) is 91.2 Å². The highest BCUT2D eigenvalue weighted by Crippen LogP contribution is 2.19. The Balaban J connectivity index is 1.98. The molecule has 0 spiro atoms. The smallest absolute Gasteiger partial charge is 0.408 e. The summed E-state index contributed by atoms with van der Waals surface area (Å²) in [6, 6.07) is 14.5. The summed E-state index contributed by atoms with van der Waals surface area (Å²) in [5.74, 6) is -1.12. The van der Waals surface area contributed by atoms with Crippen molar-refractivity contribution in [2.24, 2.45) is 0 Å². The third kappa shape index (κ3) is 6.56. The van der Waals surface area contributed by atoms with Gasteiger partial charge in [0.2, 0.25) is 5.91 Å². The minimum absolute atomic E-state index is 0.0155. The molecule has 0 aliphatic carbocycles. The Morgan fingerprint density at radius 3 is 2.64 bits per heavy atom. The fourth-order valence-corrected chi connectivity index (χ4v) is 2.66. The molecule has 2 aromatic rings. The summed E-state index contributed by atoms with van der Waals surface area (Å²) < 4.78 is 19.2. The maximum atomic E-state index is 14.0. The molecule has 0 radical (unpaired) electrons. The molecule has 0 heterocycles. The number of nitrogens with zero attached hydrogens (tertiary/aromatic N) is 1. The molecule has 6 nitrogen and oxygen atoms in total. The molecule has 1 atom stereocenters. The van der Waals surface area contributed by atoms with Crippen LogP contribution in [0.25, 0.3) is 0 Å². The number of nitrogens with one attached hydrogen (secondary N) is 2. The van der Waals surface area contributed by atoms with E-state index in [-0.39, 0.29) is 31.0 Å². The number of benzene rings is 2. The van der Waals surface area contributed by atoms with Crippen molar-refractivity contribution in [3.8, 4) is 6.07 Å². The molecule has 0 aromatic heterocycles. The van der Waals surface area contributed by atoms with Crippen LogP contribution in [0.5, 0.6) is 0 Å². The van der Waals surface area contributed by atoms with Gasteiger partial charge in [0.15, 0.2) is 0 Å². The third-order valence-electron chi connectivity index (χ3n) is 3.90. The van der Waals surface area contributed by atoms with Crippen LogP contribution in [0, 0.1) is 17.1 Å². The number of ether oxygens (including phenoxy) is 1.